The predicted octanol–water partition coefficient (Wildman–Crippen LogP) is 5.00. The number of amides is 2. The van der Waals surface area contributed by atoms with Gasteiger partial charge in [-0.15, -0.1) is 0 Å². The standard InChI is InChI=1S/C24H28BrCl2N3O4S/c1-16(24(32)28-19-7-3-4-8-19)29(14-17-10-11-21(26)22(27)12-17)23(31)15-30(35(2,33)34)20-9-5-6-18(25)13-20/h5-6,9-13,16,19H,3-4,7-8,14-15H2,1-2H3,(H,28,32)/t16-/m1/s1. The van der Waals surface area contributed by atoms with Crippen LogP contribution >= 0.6 is 39.1 Å². The molecule has 0 unspecified atom stereocenters. The molecule has 3 rings (SSSR count). The van der Waals surface area contributed by atoms with Crippen molar-refractivity contribution in [1.29, 1.82) is 0 Å². The van der Waals surface area contributed by atoms with Gasteiger partial charge in [-0.05, 0) is 55.7 Å². The van der Waals surface area contributed by atoms with Crippen LogP contribution < -0.4 is 9.62 Å². The van der Waals surface area contributed by atoms with Crippen LogP contribution in [0.15, 0.2) is 46.9 Å². The average molecular weight is 605 g/mol. The number of sulfonamides is 1. The van der Waals surface area contributed by atoms with Crippen molar-refractivity contribution in [1.82, 2.24) is 10.2 Å². The molecule has 1 atom stereocenters. The monoisotopic (exact) mass is 603 g/mol. The molecular weight excluding hydrogens is 577 g/mol. The van der Waals surface area contributed by atoms with E-state index in [4.69, 9.17) is 23.2 Å². The van der Waals surface area contributed by atoms with Gasteiger partial charge in [0.15, 0.2) is 0 Å². The Balaban J connectivity index is 1.89. The van der Waals surface area contributed by atoms with E-state index in [1.165, 1.54) is 4.90 Å². The fourth-order valence-electron chi connectivity index (χ4n) is 4.05. The van der Waals surface area contributed by atoms with E-state index in [9.17, 15) is 18.0 Å². The van der Waals surface area contributed by atoms with E-state index >= 15 is 0 Å². The van der Waals surface area contributed by atoms with Crippen LogP contribution in [0.4, 0.5) is 5.69 Å². The molecule has 190 valence electrons. The highest BCUT2D eigenvalue weighted by Gasteiger charge is 2.31. The molecule has 1 aliphatic carbocycles. The number of carbonyl (C=O) groups excluding carboxylic acids is 2. The summed E-state index contributed by atoms with van der Waals surface area (Å²) in [6.45, 7) is 1.24. The van der Waals surface area contributed by atoms with E-state index in [2.05, 4.69) is 21.2 Å². The quantitative estimate of drug-likeness (QED) is 0.436. The zero-order valence-electron chi connectivity index (χ0n) is 19.5. The van der Waals surface area contributed by atoms with Crippen molar-refractivity contribution in [3.05, 3.63) is 62.5 Å². The lowest BCUT2D eigenvalue weighted by molar-refractivity contribution is -0.139. The lowest BCUT2D eigenvalue weighted by Gasteiger charge is -2.32. The third-order valence-corrected chi connectivity index (χ3v) is 8.35. The van der Waals surface area contributed by atoms with Gasteiger partial charge >= 0.3 is 0 Å². The molecule has 2 aromatic rings. The number of nitrogens with zero attached hydrogens (tertiary/aromatic N) is 2. The summed E-state index contributed by atoms with van der Waals surface area (Å²) in [6, 6.07) is 10.9. The second-order valence-corrected chi connectivity index (χ2v) is 12.3. The Labute approximate surface area is 224 Å². The minimum absolute atomic E-state index is 0.0606. The number of benzene rings is 2. The third-order valence-electron chi connectivity index (χ3n) is 5.98. The summed E-state index contributed by atoms with van der Waals surface area (Å²) in [4.78, 5) is 28.0. The Bertz CT molecular complexity index is 1190. The molecule has 0 aliphatic heterocycles. The first-order chi connectivity index (χ1) is 16.5. The molecule has 0 saturated heterocycles. The molecule has 0 radical (unpaired) electrons. The van der Waals surface area contributed by atoms with Gasteiger partial charge in [0.05, 0.1) is 22.0 Å². The van der Waals surface area contributed by atoms with Crippen LogP contribution in [0.5, 0.6) is 0 Å². The minimum atomic E-state index is -3.79. The first-order valence-corrected chi connectivity index (χ1v) is 14.6. The van der Waals surface area contributed by atoms with Crippen molar-refractivity contribution >= 4 is 66.7 Å². The second-order valence-electron chi connectivity index (χ2n) is 8.69. The van der Waals surface area contributed by atoms with Crippen LogP contribution in [0, 0.1) is 0 Å². The Morgan fingerprint density at radius 2 is 1.80 bits per heavy atom. The van der Waals surface area contributed by atoms with Crippen LogP contribution in [0.1, 0.15) is 38.2 Å². The maximum Gasteiger partial charge on any atom is 0.244 e. The molecule has 2 amide bonds. The van der Waals surface area contributed by atoms with Crippen LogP contribution in [-0.2, 0) is 26.2 Å². The summed E-state index contributed by atoms with van der Waals surface area (Å²) in [7, 11) is -3.79. The molecule has 0 bridgehead atoms. The molecule has 1 fully saturated rings. The molecule has 1 aliphatic rings. The van der Waals surface area contributed by atoms with Crippen molar-refractivity contribution in [3.63, 3.8) is 0 Å². The maximum atomic E-state index is 13.6. The fourth-order valence-corrected chi connectivity index (χ4v) is 5.60. The molecule has 35 heavy (non-hydrogen) atoms. The topological polar surface area (TPSA) is 86.8 Å². The number of nitrogens with one attached hydrogen (secondary N) is 1. The summed E-state index contributed by atoms with van der Waals surface area (Å²) in [5.74, 6) is -0.797. The molecule has 2 aromatic carbocycles. The Morgan fingerprint density at radius 3 is 2.40 bits per heavy atom. The minimum Gasteiger partial charge on any atom is -0.352 e. The molecule has 0 heterocycles. The molecule has 11 heteroatoms. The van der Waals surface area contributed by atoms with E-state index in [-0.39, 0.29) is 18.5 Å². The highest BCUT2D eigenvalue weighted by molar-refractivity contribution is 9.10. The van der Waals surface area contributed by atoms with Crippen molar-refractivity contribution in [2.75, 3.05) is 17.1 Å². The van der Waals surface area contributed by atoms with Gasteiger partial charge in [-0.3, -0.25) is 13.9 Å². The molecule has 0 spiro atoms. The summed E-state index contributed by atoms with van der Waals surface area (Å²) < 4.78 is 26.9. The van der Waals surface area contributed by atoms with Gasteiger partial charge in [-0.1, -0.05) is 64.1 Å². The van der Waals surface area contributed by atoms with Gasteiger partial charge in [0.1, 0.15) is 12.6 Å². The van der Waals surface area contributed by atoms with Crippen molar-refractivity contribution in [2.45, 2.75) is 51.2 Å². The largest absolute Gasteiger partial charge is 0.352 e. The van der Waals surface area contributed by atoms with Crippen LogP contribution in [0.3, 0.4) is 0 Å². The zero-order valence-corrected chi connectivity index (χ0v) is 23.4. The number of carbonyl (C=O) groups is 2. The summed E-state index contributed by atoms with van der Waals surface area (Å²) in [5.41, 5.74) is 1.01. The van der Waals surface area contributed by atoms with E-state index in [1.807, 2.05) is 0 Å². The number of hydrogen-bond donors (Lipinski definition) is 1. The summed E-state index contributed by atoms with van der Waals surface area (Å²) in [5, 5.41) is 3.72. The van der Waals surface area contributed by atoms with Crippen molar-refractivity contribution in [2.24, 2.45) is 0 Å². The summed E-state index contributed by atoms with van der Waals surface area (Å²) in [6.07, 6.45) is 4.97. The molecule has 0 aromatic heterocycles. The number of anilines is 1. The SMILES string of the molecule is C[C@H](C(=O)NC1CCCC1)N(Cc1ccc(Cl)c(Cl)c1)C(=O)CN(c1cccc(Br)c1)S(C)(=O)=O. The van der Waals surface area contributed by atoms with Crippen LogP contribution in [0.25, 0.3) is 0 Å². The third kappa shape index (κ3) is 7.59. The van der Waals surface area contributed by atoms with E-state index in [1.54, 1.807) is 49.4 Å². The Morgan fingerprint density at radius 1 is 1.11 bits per heavy atom. The van der Waals surface area contributed by atoms with Gasteiger partial charge in [-0.2, -0.15) is 0 Å². The average Bonchev–Trinajstić information content (AvgIpc) is 3.29. The molecule has 7 nitrogen and oxygen atoms in total. The van der Waals surface area contributed by atoms with Gasteiger partial charge in [-0.25, -0.2) is 8.42 Å². The number of halogens is 3. The van der Waals surface area contributed by atoms with Gasteiger partial charge in [0, 0.05) is 17.1 Å². The van der Waals surface area contributed by atoms with E-state index in [0.29, 0.717) is 25.8 Å². The van der Waals surface area contributed by atoms with Gasteiger partial charge < -0.3 is 10.2 Å². The molecule has 1 N–H and O–H groups in total. The second kappa shape index (κ2) is 12.0. The van der Waals surface area contributed by atoms with Crippen LogP contribution in [-0.4, -0.2) is 50.0 Å². The first kappa shape index (κ1) is 27.8. The molecular formula is C24H28BrCl2N3O4S. The van der Waals surface area contributed by atoms with Gasteiger partial charge in [0.2, 0.25) is 21.8 Å². The molecule has 1 saturated carbocycles. The lowest BCUT2D eigenvalue weighted by atomic mass is 10.1. The lowest BCUT2D eigenvalue weighted by Crippen LogP contribution is -2.52. The van der Waals surface area contributed by atoms with E-state index < -0.39 is 28.5 Å². The normalized spacial score (nSPS) is 15.0. The highest BCUT2D eigenvalue weighted by Crippen LogP contribution is 2.26. The number of rotatable bonds is 9. The van der Waals surface area contributed by atoms with Crippen LogP contribution in [0.2, 0.25) is 10.0 Å². The zero-order chi connectivity index (χ0) is 25.8. The van der Waals surface area contributed by atoms with Crippen molar-refractivity contribution < 1.29 is 18.0 Å². The Kier molecular flexibility index (Phi) is 9.48. The fraction of sp³-hybridized carbons (Fsp3) is 0.417. The van der Waals surface area contributed by atoms with Crippen molar-refractivity contribution in [3.8, 4) is 0 Å². The summed E-state index contributed by atoms with van der Waals surface area (Å²) >= 11 is 15.5. The number of hydrogen-bond acceptors (Lipinski definition) is 4. The smallest absolute Gasteiger partial charge is 0.244 e. The van der Waals surface area contributed by atoms with Gasteiger partial charge in [0.25, 0.3) is 0 Å². The first-order valence-electron chi connectivity index (χ1n) is 11.2. The maximum absolute atomic E-state index is 13.6. The van der Waals surface area contributed by atoms with E-state index in [0.717, 1.165) is 36.2 Å². The highest BCUT2D eigenvalue weighted by atomic mass is 79.9. The predicted molar refractivity (Wildman–Crippen MR) is 143 cm³/mol. The Hall–Kier alpha value is -1.81.